The highest BCUT2D eigenvalue weighted by atomic mass is 16.3. The fourth-order valence-electron chi connectivity index (χ4n) is 10.7. The van der Waals surface area contributed by atoms with Crippen molar-refractivity contribution in [3.63, 3.8) is 0 Å². The molecule has 0 fully saturated rings. The highest BCUT2D eigenvalue weighted by molar-refractivity contribution is 6.09. The summed E-state index contributed by atoms with van der Waals surface area (Å²) in [6, 6.07) is 86.3. The number of aryl methyl sites for hydroxylation is 2. The maximum absolute atomic E-state index is 6.52. The van der Waals surface area contributed by atoms with Gasteiger partial charge in [0.1, 0.15) is 11.2 Å². The molecule has 0 N–H and O–H groups in total. The van der Waals surface area contributed by atoms with E-state index >= 15 is 0 Å². The number of furan rings is 1. The van der Waals surface area contributed by atoms with Crippen LogP contribution in [0.3, 0.4) is 0 Å². The van der Waals surface area contributed by atoms with Gasteiger partial charge in [0, 0.05) is 33.3 Å². The molecular formula is C63H45NO. The summed E-state index contributed by atoms with van der Waals surface area (Å²) in [5.74, 6) is 0. The first kappa shape index (κ1) is 38.5. The molecular weight excluding hydrogens is 787 g/mol. The average Bonchev–Trinajstić information content (AvgIpc) is 3.90. The Balaban J connectivity index is 1.05. The topological polar surface area (TPSA) is 16.4 Å². The minimum atomic E-state index is -0.519. The van der Waals surface area contributed by atoms with Crippen molar-refractivity contribution in [2.45, 2.75) is 19.3 Å². The zero-order valence-corrected chi connectivity index (χ0v) is 36.4. The van der Waals surface area contributed by atoms with Crippen LogP contribution in [0.25, 0.3) is 66.4 Å². The summed E-state index contributed by atoms with van der Waals surface area (Å²) in [4.78, 5) is 2.47. The minimum Gasteiger partial charge on any atom is -0.455 e. The molecule has 0 unspecified atom stereocenters. The largest absolute Gasteiger partial charge is 0.455 e. The summed E-state index contributed by atoms with van der Waals surface area (Å²) in [5.41, 5.74) is 21.7. The molecule has 0 bridgehead atoms. The molecule has 0 radical (unpaired) electrons. The van der Waals surface area contributed by atoms with Crippen LogP contribution in [-0.2, 0) is 5.41 Å². The summed E-state index contributed by atoms with van der Waals surface area (Å²) >= 11 is 0. The van der Waals surface area contributed by atoms with Crippen molar-refractivity contribution in [3.8, 4) is 44.5 Å². The van der Waals surface area contributed by atoms with Crippen LogP contribution in [0.5, 0.6) is 0 Å². The van der Waals surface area contributed by atoms with Gasteiger partial charge in [0.25, 0.3) is 0 Å². The van der Waals surface area contributed by atoms with Gasteiger partial charge in [0.15, 0.2) is 0 Å². The van der Waals surface area contributed by atoms with Gasteiger partial charge in [-0.05, 0) is 117 Å². The van der Waals surface area contributed by atoms with E-state index in [1.54, 1.807) is 0 Å². The summed E-state index contributed by atoms with van der Waals surface area (Å²) in [6.07, 6.45) is 0. The molecule has 0 aliphatic heterocycles. The molecule has 12 rings (SSSR count). The third-order valence-electron chi connectivity index (χ3n) is 13.6. The van der Waals surface area contributed by atoms with Gasteiger partial charge in [-0.25, -0.2) is 0 Å². The van der Waals surface area contributed by atoms with E-state index in [2.05, 4.69) is 249 Å². The Morgan fingerprint density at radius 1 is 0.369 bits per heavy atom. The zero-order valence-electron chi connectivity index (χ0n) is 36.4. The standard InChI is InChI=1S/C63H45NO/c1-42-40-46(44-18-6-3-7-19-44)34-38-51(42)52-39-37-50(41-43(52)2)64(49-35-32-45(33-36-49)53-26-16-27-55-54-24-13-15-31-60(54)65-62(53)55)59-30-17-29-58-61(59)56-25-12-14-28-57(56)63(58,47-20-8-4-9-21-47)48-22-10-5-11-23-48/h3-41H,1-2H3. The van der Waals surface area contributed by atoms with Gasteiger partial charge in [0.2, 0.25) is 0 Å². The van der Waals surface area contributed by atoms with E-state index in [1.165, 1.54) is 66.8 Å². The van der Waals surface area contributed by atoms with E-state index in [-0.39, 0.29) is 0 Å². The third-order valence-corrected chi connectivity index (χ3v) is 13.6. The summed E-state index contributed by atoms with van der Waals surface area (Å²) < 4.78 is 6.52. The first-order chi connectivity index (χ1) is 32.1. The fourth-order valence-corrected chi connectivity index (χ4v) is 10.7. The van der Waals surface area contributed by atoms with Gasteiger partial charge in [-0.15, -0.1) is 0 Å². The van der Waals surface area contributed by atoms with Crippen LogP contribution in [0.1, 0.15) is 33.4 Å². The smallest absolute Gasteiger partial charge is 0.143 e. The molecule has 65 heavy (non-hydrogen) atoms. The van der Waals surface area contributed by atoms with Crippen LogP contribution >= 0.6 is 0 Å². The Morgan fingerprint density at radius 3 is 1.65 bits per heavy atom. The Labute approximate surface area is 380 Å². The number of nitrogens with zero attached hydrogens (tertiary/aromatic N) is 1. The van der Waals surface area contributed by atoms with E-state index < -0.39 is 5.41 Å². The molecule has 2 nitrogen and oxygen atoms in total. The molecule has 308 valence electrons. The Kier molecular flexibility index (Phi) is 9.21. The second kappa shape index (κ2) is 15.6. The van der Waals surface area contributed by atoms with Crippen LogP contribution in [0.2, 0.25) is 0 Å². The normalized spacial score (nSPS) is 12.6. The third kappa shape index (κ3) is 6.17. The molecule has 1 aromatic heterocycles. The molecule has 1 heterocycles. The lowest BCUT2D eigenvalue weighted by molar-refractivity contribution is 0.670. The highest BCUT2D eigenvalue weighted by Gasteiger charge is 2.47. The van der Waals surface area contributed by atoms with E-state index in [4.69, 9.17) is 4.42 Å². The predicted octanol–water partition coefficient (Wildman–Crippen LogP) is 17.0. The molecule has 0 amide bonds. The number of rotatable bonds is 8. The van der Waals surface area contributed by atoms with Gasteiger partial charge in [-0.3, -0.25) is 0 Å². The summed E-state index contributed by atoms with van der Waals surface area (Å²) in [6.45, 7) is 4.48. The van der Waals surface area contributed by atoms with Crippen molar-refractivity contribution in [2.24, 2.45) is 0 Å². The SMILES string of the molecule is Cc1cc(-c2ccccc2)ccc1-c1ccc(N(c2ccc(-c3cccc4c3oc3ccccc34)cc2)c2cccc3c2-c2ccccc2C3(c2ccccc2)c2ccccc2)cc1C. The minimum absolute atomic E-state index is 0.519. The lowest BCUT2D eigenvalue weighted by atomic mass is 9.68. The van der Waals surface area contributed by atoms with E-state index in [0.29, 0.717) is 0 Å². The molecule has 0 spiro atoms. The van der Waals surface area contributed by atoms with Crippen LogP contribution in [0.4, 0.5) is 17.1 Å². The second-order valence-corrected chi connectivity index (χ2v) is 17.3. The fraction of sp³-hybridized carbons (Fsp3) is 0.0476. The van der Waals surface area contributed by atoms with Gasteiger partial charge >= 0.3 is 0 Å². The quantitative estimate of drug-likeness (QED) is 0.152. The van der Waals surface area contributed by atoms with Crippen molar-refractivity contribution >= 4 is 39.0 Å². The monoisotopic (exact) mass is 831 g/mol. The molecule has 0 atom stereocenters. The Morgan fingerprint density at radius 2 is 0.923 bits per heavy atom. The Bertz CT molecular complexity index is 3510. The van der Waals surface area contributed by atoms with Crippen LogP contribution < -0.4 is 4.90 Å². The van der Waals surface area contributed by atoms with Crippen molar-refractivity contribution in [1.82, 2.24) is 0 Å². The maximum atomic E-state index is 6.52. The van der Waals surface area contributed by atoms with Crippen LogP contribution in [-0.4, -0.2) is 0 Å². The van der Waals surface area contributed by atoms with Gasteiger partial charge < -0.3 is 9.32 Å². The molecule has 1 aliphatic rings. The van der Waals surface area contributed by atoms with Gasteiger partial charge in [-0.1, -0.05) is 200 Å². The first-order valence-corrected chi connectivity index (χ1v) is 22.5. The second-order valence-electron chi connectivity index (χ2n) is 17.3. The lowest BCUT2D eigenvalue weighted by Crippen LogP contribution is -2.28. The van der Waals surface area contributed by atoms with Gasteiger partial charge in [-0.2, -0.15) is 0 Å². The number of para-hydroxylation sites is 2. The van der Waals surface area contributed by atoms with E-state index in [1.807, 2.05) is 6.07 Å². The highest BCUT2D eigenvalue weighted by Crippen LogP contribution is 2.59. The van der Waals surface area contributed by atoms with Crippen LogP contribution in [0.15, 0.2) is 241 Å². The predicted molar refractivity (Wildman–Crippen MR) is 271 cm³/mol. The van der Waals surface area contributed by atoms with Crippen molar-refractivity contribution in [3.05, 3.63) is 270 Å². The van der Waals surface area contributed by atoms with Crippen molar-refractivity contribution in [2.75, 3.05) is 4.90 Å². The molecule has 10 aromatic carbocycles. The zero-order chi connectivity index (χ0) is 43.5. The number of anilines is 3. The summed E-state index contributed by atoms with van der Waals surface area (Å²) in [7, 11) is 0. The summed E-state index contributed by atoms with van der Waals surface area (Å²) in [5, 5.41) is 2.26. The number of fused-ring (bicyclic) bond motifs is 6. The molecule has 0 saturated heterocycles. The molecule has 2 heteroatoms. The Hall–Kier alpha value is -8.20. The number of benzene rings is 10. The average molecular weight is 832 g/mol. The van der Waals surface area contributed by atoms with Crippen LogP contribution in [0, 0.1) is 13.8 Å². The van der Waals surface area contributed by atoms with E-state index in [9.17, 15) is 0 Å². The number of hydrogen-bond acceptors (Lipinski definition) is 2. The van der Waals surface area contributed by atoms with Crippen molar-refractivity contribution in [1.29, 1.82) is 0 Å². The molecule has 0 saturated carbocycles. The number of hydrogen-bond donors (Lipinski definition) is 0. The van der Waals surface area contributed by atoms with Gasteiger partial charge in [0.05, 0.1) is 11.1 Å². The maximum Gasteiger partial charge on any atom is 0.143 e. The first-order valence-electron chi connectivity index (χ1n) is 22.5. The molecule has 1 aliphatic carbocycles. The van der Waals surface area contributed by atoms with Crippen molar-refractivity contribution < 1.29 is 4.42 Å². The lowest BCUT2D eigenvalue weighted by Gasteiger charge is -2.34. The molecule has 11 aromatic rings. The van der Waals surface area contributed by atoms with E-state index in [0.717, 1.165) is 50.1 Å².